The number of rotatable bonds is 7. The van der Waals surface area contributed by atoms with E-state index >= 15 is 0 Å². The summed E-state index contributed by atoms with van der Waals surface area (Å²) in [6.07, 6.45) is 1.89. The van der Waals surface area contributed by atoms with Crippen LogP contribution in [-0.4, -0.2) is 18.2 Å². The first kappa shape index (κ1) is 19.8. The standard InChI is InChI=1S/C24H19NO4S/c1-28-20-6-4-5-18(13-20)21-14-19(15-30-22-7-2-3-12-25-22)23(29-21)16-8-10-17(11-9-16)24(26)27/h2-14H,15H2,1H3,(H,26,27)/p+1. The van der Waals surface area contributed by atoms with Crippen LogP contribution >= 0.6 is 11.8 Å². The molecule has 2 N–H and O–H groups in total. The molecule has 0 spiro atoms. The van der Waals surface area contributed by atoms with Crippen LogP contribution in [0.4, 0.5) is 0 Å². The van der Waals surface area contributed by atoms with Gasteiger partial charge < -0.3 is 14.3 Å². The lowest BCUT2D eigenvalue weighted by Crippen LogP contribution is -2.03. The Hall–Kier alpha value is -3.51. The molecule has 0 aliphatic rings. The normalized spacial score (nSPS) is 10.7. The molecule has 2 heterocycles. The number of methoxy groups -OCH3 is 1. The lowest BCUT2D eigenvalue weighted by atomic mass is 10.1. The molecule has 0 saturated carbocycles. The number of ether oxygens (including phenoxy) is 1. The lowest BCUT2D eigenvalue weighted by molar-refractivity contribution is -0.426. The number of aromatic carboxylic acids is 1. The van der Waals surface area contributed by atoms with Crippen LogP contribution in [0, 0.1) is 0 Å². The Bertz CT molecular complexity index is 1150. The molecule has 0 aliphatic heterocycles. The van der Waals surface area contributed by atoms with Crippen molar-refractivity contribution in [2.24, 2.45) is 0 Å². The van der Waals surface area contributed by atoms with E-state index in [1.165, 1.54) is 0 Å². The van der Waals surface area contributed by atoms with Crippen LogP contribution in [0.2, 0.25) is 0 Å². The first-order valence-corrected chi connectivity index (χ1v) is 10.3. The minimum Gasteiger partial charge on any atom is -0.497 e. The molecule has 0 unspecified atom stereocenters. The predicted octanol–water partition coefficient (Wildman–Crippen LogP) is 5.43. The fraction of sp³-hybridized carbons (Fsp3) is 0.0833. The topological polar surface area (TPSA) is 73.8 Å². The summed E-state index contributed by atoms with van der Waals surface area (Å²) in [5.74, 6) is 1.97. The van der Waals surface area contributed by atoms with Gasteiger partial charge in [0.2, 0.25) is 5.03 Å². The maximum atomic E-state index is 11.2. The summed E-state index contributed by atoms with van der Waals surface area (Å²) in [4.78, 5) is 14.4. The van der Waals surface area contributed by atoms with Gasteiger partial charge in [-0.2, -0.15) is 0 Å². The first-order valence-electron chi connectivity index (χ1n) is 9.34. The highest BCUT2D eigenvalue weighted by atomic mass is 32.2. The number of carboxylic acid groups (broad SMARTS) is 1. The van der Waals surface area contributed by atoms with Gasteiger partial charge >= 0.3 is 5.97 Å². The fourth-order valence-corrected chi connectivity index (χ4v) is 3.94. The molecule has 0 amide bonds. The molecule has 0 saturated heterocycles. The second kappa shape index (κ2) is 8.88. The molecule has 30 heavy (non-hydrogen) atoms. The van der Waals surface area contributed by atoms with Gasteiger partial charge in [-0.15, -0.1) is 0 Å². The van der Waals surface area contributed by atoms with Crippen LogP contribution in [0.3, 0.4) is 0 Å². The number of benzene rings is 2. The van der Waals surface area contributed by atoms with Crippen molar-refractivity contribution < 1.29 is 24.0 Å². The van der Waals surface area contributed by atoms with Crippen molar-refractivity contribution in [3.05, 3.63) is 90.1 Å². The van der Waals surface area contributed by atoms with Gasteiger partial charge in [0, 0.05) is 34.6 Å². The van der Waals surface area contributed by atoms with E-state index in [1.54, 1.807) is 43.1 Å². The monoisotopic (exact) mass is 418 g/mol. The van der Waals surface area contributed by atoms with E-state index < -0.39 is 5.97 Å². The molecular formula is C24H20NO4S+. The van der Waals surface area contributed by atoms with E-state index in [9.17, 15) is 9.90 Å². The molecule has 2 aromatic carbocycles. The van der Waals surface area contributed by atoms with E-state index in [1.807, 2.05) is 54.7 Å². The lowest BCUT2D eigenvalue weighted by Gasteiger charge is -2.03. The van der Waals surface area contributed by atoms with Crippen molar-refractivity contribution in [3.8, 4) is 28.4 Å². The van der Waals surface area contributed by atoms with Crippen LogP contribution < -0.4 is 9.72 Å². The Labute approximate surface area is 178 Å². The van der Waals surface area contributed by atoms with Crippen molar-refractivity contribution in [1.29, 1.82) is 0 Å². The number of aromatic nitrogens is 1. The second-order valence-electron chi connectivity index (χ2n) is 6.59. The number of carboxylic acids is 1. The summed E-state index contributed by atoms with van der Waals surface area (Å²) in [6, 6.07) is 22.4. The fourth-order valence-electron chi connectivity index (χ4n) is 3.09. The van der Waals surface area contributed by atoms with Crippen molar-refractivity contribution in [1.82, 2.24) is 0 Å². The molecule has 4 rings (SSSR count). The van der Waals surface area contributed by atoms with E-state index in [2.05, 4.69) is 4.98 Å². The molecule has 2 aromatic heterocycles. The summed E-state index contributed by atoms with van der Waals surface area (Å²) in [5, 5.41) is 10.2. The number of H-pyrrole nitrogens is 1. The number of hydrogen-bond donors (Lipinski definition) is 1. The van der Waals surface area contributed by atoms with Gasteiger partial charge in [0.25, 0.3) is 0 Å². The molecule has 150 valence electrons. The maximum absolute atomic E-state index is 11.2. The first-order chi connectivity index (χ1) is 14.6. The zero-order valence-electron chi connectivity index (χ0n) is 16.3. The third-order valence-corrected chi connectivity index (χ3v) is 5.64. The van der Waals surface area contributed by atoms with Crippen LogP contribution in [0.25, 0.3) is 22.6 Å². The molecule has 0 fully saturated rings. The number of pyridine rings is 1. The average Bonchev–Trinajstić information content (AvgIpc) is 3.23. The number of furan rings is 1. The zero-order chi connectivity index (χ0) is 20.9. The van der Waals surface area contributed by atoms with Crippen molar-refractivity contribution in [3.63, 3.8) is 0 Å². The van der Waals surface area contributed by atoms with Gasteiger partial charge in [0.15, 0.2) is 6.20 Å². The largest absolute Gasteiger partial charge is 0.497 e. The third kappa shape index (κ3) is 4.39. The van der Waals surface area contributed by atoms with Crippen LogP contribution in [-0.2, 0) is 5.75 Å². The summed E-state index contributed by atoms with van der Waals surface area (Å²) >= 11 is 1.67. The zero-order valence-corrected chi connectivity index (χ0v) is 17.1. The Morgan fingerprint density at radius 3 is 2.57 bits per heavy atom. The number of carbonyl (C=O) groups is 1. The highest BCUT2D eigenvalue weighted by molar-refractivity contribution is 7.98. The Kier molecular flexibility index (Phi) is 5.86. The number of nitrogens with one attached hydrogen (secondary N) is 1. The Balaban J connectivity index is 1.71. The van der Waals surface area contributed by atoms with E-state index in [-0.39, 0.29) is 5.56 Å². The maximum Gasteiger partial charge on any atom is 0.335 e. The van der Waals surface area contributed by atoms with Gasteiger partial charge in [-0.1, -0.05) is 36.0 Å². The van der Waals surface area contributed by atoms with Gasteiger partial charge in [-0.3, -0.25) is 0 Å². The molecule has 0 bridgehead atoms. The molecule has 0 radical (unpaired) electrons. The summed E-state index contributed by atoms with van der Waals surface area (Å²) < 4.78 is 11.6. The summed E-state index contributed by atoms with van der Waals surface area (Å²) in [6.45, 7) is 0. The Morgan fingerprint density at radius 1 is 1.03 bits per heavy atom. The van der Waals surface area contributed by atoms with E-state index in [0.717, 1.165) is 39.0 Å². The Morgan fingerprint density at radius 2 is 1.87 bits per heavy atom. The molecule has 5 nitrogen and oxygen atoms in total. The smallest absolute Gasteiger partial charge is 0.335 e. The summed E-state index contributed by atoms with van der Waals surface area (Å²) in [7, 11) is 1.63. The minimum atomic E-state index is -0.951. The van der Waals surface area contributed by atoms with Gasteiger partial charge in [-0.05, 0) is 36.4 Å². The molecular weight excluding hydrogens is 398 g/mol. The molecule has 0 atom stereocenters. The second-order valence-corrected chi connectivity index (χ2v) is 7.61. The highest BCUT2D eigenvalue weighted by Crippen LogP contribution is 2.36. The van der Waals surface area contributed by atoms with Gasteiger partial charge in [0.1, 0.15) is 17.3 Å². The summed E-state index contributed by atoms with van der Waals surface area (Å²) in [5.41, 5.74) is 3.02. The van der Waals surface area contributed by atoms with E-state index in [0.29, 0.717) is 5.75 Å². The van der Waals surface area contributed by atoms with Crippen molar-refractivity contribution >= 4 is 17.7 Å². The van der Waals surface area contributed by atoms with Crippen molar-refractivity contribution in [2.75, 3.05) is 7.11 Å². The quantitative estimate of drug-likeness (QED) is 0.405. The minimum absolute atomic E-state index is 0.244. The van der Waals surface area contributed by atoms with Crippen LogP contribution in [0.1, 0.15) is 15.9 Å². The SMILES string of the molecule is COc1cccc(-c2cc(CSc3cccc[nH+]3)c(-c3ccc(C(=O)O)cc3)o2)c1. The number of thioether (sulfide) groups is 1. The predicted molar refractivity (Wildman–Crippen MR) is 116 cm³/mol. The van der Waals surface area contributed by atoms with E-state index in [4.69, 9.17) is 9.15 Å². The van der Waals surface area contributed by atoms with Crippen LogP contribution in [0.5, 0.6) is 5.75 Å². The van der Waals surface area contributed by atoms with Crippen molar-refractivity contribution in [2.45, 2.75) is 10.8 Å². The third-order valence-electron chi connectivity index (χ3n) is 4.62. The molecule has 0 aliphatic carbocycles. The highest BCUT2D eigenvalue weighted by Gasteiger charge is 2.17. The van der Waals surface area contributed by atoms with Gasteiger partial charge in [-0.25, -0.2) is 9.78 Å². The van der Waals surface area contributed by atoms with Crippen LogP contribution in [0.15, 0.2) is 88.4 Å². The molecule has 4 aromatic rings. The average molecular weight is 418 g/mol. The van der Waals surface area contributed by atoms with Gasteiger partial charge in [0.05, 0.1) is 12.7 Å². The number of hydrogen-bond acceptors (Lipinski definition) is 4. The number of aromatic amines is 1. The molecule has 6 heteroatoms.